The van der Waals surface area contributed by atoms with E-state index in [0.717, 1.165) is 41.0 Å². The molecule has 0 unspecified atom stereocenters. The summed E-state index contributed by atoms with van der Waals surface area (Å²) in [7, 11) is 0. The number of aromatic nitrogens is 2. The SMILES string of the molecule is O=C(Cn1cnc2scc(-c3cccs3)c2c1=O)NC1CCCCC1. The zero-order valence-corrected chi connectivity index (χ0v) is 15.4. The van der Waals surface area contributed by atoms with E-state index in [1.807, 2.05) is 22.9 Å². The van der Waals surface area contributed by atoms with Crippen LogP contribution in [0.4, 0.5) is 0 Å². The Morgan fingerprint density at radius 2 is 2.12 bits per heavy atom. The van der Waals surface area contributed by atoms with Gasteiger partial charge in [0.2, 0.25) is 5.91 Å². The molecule has 7 heteroatoms. The molecule has 4 rings (SSSR count). The highest BCUT2D eigenvalue weighted by Gasteiger charge is 2.18. The van der Waals surface area contributed by atoms with E-state index in [2.05, 4.69) is 10.3 Å². The molecule has 5 nitrogen and oxygen atoms in total. The number of carbonyl (C=O) groups is 1. The van der Waals surface area contributed by atoms with E-state index in [0.29, 0.717) is 5.39 Å². The highest BCUT2D eigenvalue weighted by molar-refractivity contribution is 7.18. The van der Waals surface area contributed by atoms with Crippen LogP contribution < -0.4 is 10.9 Å². The van der Waals surface area contributed by atoms with Crippen LogP contribution >= 0.6 is 22.7 Å². The molecule has 1 N–H and O–H groups in total. The molecular formula is C18H19N3O2S2. The molecule has 0 spiro atoms. The molecule has 1 saturated carbocycles. The van der Waals surface area contributed by atoms with Gasteiger partial charge in [-0.1, -0.05) is 25.3 Å². The first-order valence-electron chi connectivity index (χ1n) is 8.52. The predicted octanol–water partition coefficient (Wildman–Crippen LogP) is 3.64. The van der Waals surface area contributed by atoms with Gasteiger partial charge in [-0.05, 0) is 24.3 Å². The second-order valence-electron chi connectivity index (χ2n) is 6.39. The van der Waals surface area contributed by atoms with Crippen LogP contribution in [0.25, 0.3) is 20.7 Å². The van der Waals surface area contributed by atoms with Crippen molar-refractivity contribution in [1.82, 2.24) is 14.9 Å². The minimum absolute atomic E-state index is 0.0258. The number of hydrogen-bond acceptors (Lipinski definition) is 5. The Balaban J connectivity index is 1.60. The van der Waals surface area contributed by atoms with Crippen molar-refractivity contribution in [2.45, 2.75) is 44.7 Å². The topological polar surface area (TPSA) is 64.0 Å². The molecule has 0 aromatic carbocycles. The molecule has 0 bridgehead atoms. The first-order valence-corrected chi connectivity index (χ1v) is 10.3. The first kappa shape index (κ1) is 16.5. The van der Waals surface area contributed by atoms with Crippen molar-refractivity contribution in [2.75, 3.05) is 0 Å². The van der Waals surface area contributed by atoms with Gasteiger partial charge in [-0.3, -0.25) is 14.2 Å². The molecule has 1 aliphatic rings. The highest BCUT2D eigenvalue weighted by Crippen LogP contribution is 2.33. The van der Waals surface area contributed by atoms with E-state index >= 15 is 0 Å². The van der Waals surface area contributed by atoms with Crippen molar-refractivity contribution in [1.29, 1.82) is 0 Å². The van der Waals surface area contributed by atoms with Gasteiger partial charge in [0.15, 0.2) is 0 Å². The number of fused-ring (bicyclic) bond motifs is 1. The molecule has 1 amide bonds. The van der Waals surface area contributed by atoms with Gasteiger partial charge in [0, 0.05) is 21.9 Å². The summed E-state index contributed by atoms with van der Waals surface area (Å²) in [6.45, 7) is 0.0258. The fourth-order valence-corrected chi connectivity index (χ4v) is 5.09. The van der Waals surface area contributed by atoms with Crippen LogP contribution in [-0.2, 0) is 11.3 Å². The van der Waals surface area contributed by atoms with Gasteiger partial charge in [-0.2, -0.15) is 0 Å². The van der Waals surface area contributed by atoms with Crippen molar-refractivity contribution in [3.63, 3.8) is 0 Å². The summed E-state index contributed by atoms with van der Waals surface area (Å²) in [6.07, 6.45) is 7.13. The lowest BCUT2D eigenvalue weighted by Gasteiger charge is -2.22. The van der Waals surface area contributed by atoms with Gasteiger partial charge in [-0.25, -0.2) is 4.98 Å². The van der Waals surface area contributed by atoms with E-state index in [1.165, 1.54) is 28.7 Å². The van der Waals surface area contributed by atoms with Crippen LogP contribution in [0.5, 0.6) is 0 Å². The number of amides is 1. The molecule has 3 aromatic heterocycles. The Labute approximate surface area is 153 Å². The van der Waals surface area contributed by atoms with E-state index in [-0.39, 0.29) is 24.1 Å². The van der Waals surface area contributed by atoms with Gasteiger partial charge in [0.25, 0.3) is 5.56 Å². The summed E-state index contributed by atoms with van der Waals surface area (Å²) in [6, 6.07) is 4.21. The van der Waals surface area contributed by atoms with Crippen LogP contribution in [0.2, 0.25) is 0 Å². The summed E-state index contributed by atoms with van der Waals surface area (Å²) >= 11 is 3.06. The Bertz CT molecular complexity index is 937. The van der Waals surface area contributed by atoms with Gasteiger partial charge >= 0.3 is 0 Å². The monoisotopic (exact) mass is 373 g/mol. The smallest absolute Gasteiger partial charge is 0.263 e. The number of thiophene rings is 2. The standard InChI is InChI=1S/C18H19N3O2S2/c22-15(20-12-5-2-1-3-6-12)9-21-11-19-17-16(18(21)23)13(10-25-17)14-7-4-8-24-14/h4,7-8,10-12H,1-3,5-6,9H2,(H,20,22). The van der Waals surface area contributed by atoms with Crippen molar-refractivity contribution in [2.24, 2.45) is 0 Å². The molecule has 3 heterocycles. The zero-order chi connectivity index (χ0) is 17.2. The highest BCUT2D eigenvalue weighted by atomic mass is 32.1. The fourth-order valence-electron chi connectivity index (χ4n) is 3.37. The van der Waals surface area contributed by atoms with E-state index in [1.54, 1.807) is 11.3 Å². The van der Waals surface area contributed by atoms with Crippen LogP contribution in [0.3, 0.4) is 0 Å². The maximum atomic E-state index is 12.9. The fraction of sp³-hybridized carbons (Fsp3) is 0.389. The first-order chi connectivity index (χ1) is 12.2. The number of nitrogens with one attached hydrogen (secondary N) is 1. The molecule has 1 aliphatic carbocycles. The second-order valence-corrected chi connectivity index (χ2v) is 8.19. The van der Waals surface area contributed by atoms with Crippen LogP contribution in [0.15, 0.2) is 34.0 Å². The lowest BCUT2D eigenvalue weighted by molar-refractivity contribution is -0.122. The van der Waals surface area contributed by atoms with E-state index < -0.39 is 0 Å². The zero-order valence-electron chi connectivity index (χ0n) is 13.7. The number of hydrogen-bond donors (Lipinski definition) is 1. The average Bonchev–Trinajstić information content (AvgIpc) is 3.27. The van der Waals surface area contributed by atoms with Gasteiger partial charge < -0.3 is 5.32 Å². The van der Waals surface area contributed by atoms with Crippen LogP contribution in [0.1, 0.15) is 32.1 Å². The Morgan fingerprint density at radius 3 is 2.88 bits per heavy atom. The summed E-state index contributed by atoms with van der Waals surface area (Å²) in [5, 5.41) is 7.63. The van der Waals surface area contributed by atoms with E-state index in [9.17, 15) is 9.59 Å². The maximum absolute atomic E-state index is 12.9. The average molecular weight is 374 g/mol. The normalized spacial score (nSPS) is 15.5. The van der Waals surface area contributed by atoms with Gasteiger partial charge in [0.05, 0.1) is 11.7 Å². The van der Waals surface area contributed by atoms with Crippen molar-refractivity contribution < 1.29 is 4.79 Å². The van der Waals surface area contributed by atoms with Crippen molar-refractivity contribution >= 4 is 38.8 Å². The van der Waals surface area contributed by atoms with Crippen LogP contribution in [-0.4, -0.2) is 21.5 Å². The quantitative estimate of drug-likeness (QED) is 0.759. The third kappa shape index (κ3) is 3.39. The van der Waals surface area contributed by atoms with Crippen molar-refractivity contribution in [3.05, 3.63) is 39.6 Å². The lowest BCUT2D eigenvalue weighted by Crippen LogP contribution is -2.39. The minimum atomic E-state index is -0.145. The predicted molar refractivity (Wildman–Crippen MR) is 102 cm³/mol. The van der Waals surface area contributed by atoms with Crippen molar-refractivity contribution in [3.8, 4) is 10.4 Å². The van der Waals surface area contributed by atoms with Gasteiger partial charge in [-0.15, -0.1) is 22.7 Å². The summed E-state index contributed by atoms with van der Waals surface area (Å²) in [5.41, 5.74) is 0.767. The summed E-state index contributed by atoms with van der Waals surface area (Å²) in [5.74, 6) is -0.108. The molecule has 0 radical (unpaired) electrons. The second kappa shape index (κ2) is 7.09. The van der Waals surface area contributed by atoms with E-state index in [4.69, 9.17) is 0 Å². The molecule has 0 aliphatic heterocycles. The Kier molecular flexibility index (Phi) is 4.67. The summed E-state index contributed by atoms with van der Waals surface area (Å²) in [4.78, 5) is 31.4. The number of rotatable bonds is 4. The molecule has 25 heavy (non-hydrogen) atoms. The number of nitrogens with zero attached hydrogens (tertiary/aromatic N) is 2. The molecule has 1 fully saturated rings. The maximum Gasteiger partial charge on any atom is 0.263 e. The van der Waals surface area contributed by atoms with Gasteiger partial charge in [0.1, 0.15) is 11.4 Å². The minimum Gasteiger partial charge on any atom is -0.352 e. The molecule has 130 valence electrons. The number of carbonyl (C=O) groups excluding carboxylic acids is 1. The van der Waals surface area contributed by atoms with Crippen LogP contribution in [0, 0.1) is 0 Å². The molecule has 3 aromatic rings. The largest absolute Gasteiger partial charge is 0.352 e. The molecule has 0 saturated heterocycles. The summed E-state index contributed by atoms with van der Waals surface area (Å²) < 4.78 is 1.42. The molecule has 0 atom stereocenters. The lowest BCUT2D eigenvalue weighted by atomic mass is 9.95. The Morgan fingerprint density at radius 1 is 1.28 bits per heavy atom. The third-order valence-electron chi connectivity index (χ3n) is 4.63. The Hall–Kier alpha value is -1.99. The third-order valence-corrected chi connectivity index (χ3v) is 6.42. The molecular weight excluding hydrogens is 354 g/mol.